The molecule has 78 valence electrons. The molecule has 2 aliphatic rings. The average Bonchev–Trinajstić information content (AvgIpc) is 2.48. The third-order valence-corrected chi connectivity index (χ3v) is 3.59. The molecule has 0 amide bonds. The molecular weight excluding hydrogens is 176 g/mol. The number of carbonyl (C=O) groups is 1. The van der Waals surface area contributed by atoms with Crippen LogP contribution in [0.4, 0.5) is 0 Å². The summed E-state index contributed by atoms with van der Waals surface area (Å²) in [7, 11) is 0. The predicted molar refractivity (Wildman–Crippen MR) is 54.9 cm³/mol. The third kappa shape index (κ3) is 1.70. The standard InChI is InChI=1S/C12H18O2/c1-9(2)10-3-6-12(7-4-10)8-5-11(13)14-12/h3-8H2,1-2H3. The van der Waals surface area contributed by atoms with E-state index < -0.39 is 0 Å². The summed E-state index contributed by atoms with van der Waals surface area (Å²) in [6.45, 7) is 4.35. The molecule has 1 saturated carbocycles. The number of esters is 1. The van der Waals surface area contributed by atoms with Gasteiger partial charge in [-0.1, -0.05) is 11.1 Å². The molecular formula is C12H18O2. The van der Waals surface area contributed by atoms with Crippen molar-refractivity contribution in [2.75, 3.05) is 0 Å². The molecule has 0 unspecified atom stereocenters. The van der Waals surface area contributed by atoms with Gasteiger partial charge in [0.25, 0.3) is 0 Å². The topological polar surface area (TPSA) is 26.3 Å². The molecule has 0 aromatic heterocycles. The van der Waals surface area contributed by atoms with Gasteiger partial charge in [0.05, 0.1) is 0 Å². The molecule has 0 aromatic rings. The van der Waals surface area contributed by atoms with Crippen LogP contribution in [0.5, 0.6) is 0 Å². The van der Waals surface area contributed by atoms with E-state index in [-0.39, 0.29) is 11.6 Å². The summed E-state index contributed by atoms with van der Waals surface area (Å²) in [5.41, 5.74) is 2.94. The zero-order valence-corrected chi connectivity index (χ0v) is 9.06. The molecule has 2 fully saturated rings. The van der Waals surface area contributed by atoms with E-state index in [4.69, 9.17) is 4.74 Å². The van der Waals surface area contributed by atoms with E-state index >= 15 is 0 Å². The fraction of sp³-hybridized carbons (Fsp3) is 0.750. The Kier molecular flexibility index (Phi) is 2.38. The van der Waals surface area contributed by atoms with Gasteiger partial charge >= 0.3 is 5.97 Å². The van der Waals surface area contributed by atoms with Crippen LogP contribution < -0.4 is 0 Å². The van der Waals surface area contributed by atoms with Crippen molar-refractivity contribution in [3.8, 4) is 0 Å². The Hall–Kier alpha value is -0.790. The van der Waals surface area contributed by atoms with Gasteiger partial charge in [0, 0.05) is 6.42 Å². The first-order valence-corrected chi connectivity index (χ1v) is 5.48. The maximum absolute atomic E-state index is 11.1. The van der Waals surface area contributed by atoms with E-state index in [0.717, 1.165) is 32.1 Å². The average molecular weight is 194 g/mol. The first kappa shape index (κ1) is 9.75. The molecule has 2 rings (SSSR count). The van der Waals surface area contributed by atoms with Gasteiger partial charge in [0.15, 0.2) is 0 Å². The van der Waals surface area contributed by atoms with Gasteiger partial charge in [-0.2, -0.15) is 0 Å². The van der Waals surface area contributed by atoms with Crippen LogP contribution in [-0.2, 0) is 9.53 Å². The van der Waals surface area contributed by atoms with Gasteiger partial charge in [0.1, 0.15) is 5.60 Å². The van der Waals surface area contributed by atoms with Crippen LogP contribution in [0, 0.1) is 0 Å². The Morgan fingerprint density at radius 1 is 1.14 bits per heavy atom. The summed E-state index contributed by atoms with van der Waals surface area (Å²) in [5.74, 6) is 0.00523. The maximum atomic E-state index is 11.1. The van der Waals surface area contributed by atoms with Gasteiger partial charge < -0.3 is 4.74 Å². The predicted octanol–water partition coefficient (Wildman–Crippen LogP) is 2.97. The van der Waals surface area contributed by atoms with Crippen molar-refractivity contribution in [1.82, 2.24) is 0 Å². The summed E-state index contributed by atoms with van der Waals surface area (Å²) in [6, 6.07) is 0. The summed E-state index contributed by atoms with van der Waals surface area (Å²) in [5, 5.41) is 0. The highest BCUT2D eigenvalue weighted by Gasteiger charge is 2.41. The van der Waals surface area contributed by atoms with E-state index in [1.165, 1.54) is 5.57 Å². The highest BCUT2D eigenvalue weighted by atomic mass is 16.6. The summed E-state index contributed by atoms with van der Waals surface area (Å²) in [6.07, 6.45) is 5.90. The SMILES string of the molecule is CC(C)=C1CCC2(CCC(=O)O2)CC1. The van der Waals surface area contributed by atoms with Crippen molar-refractivity contribution in [1.29, 1.82) is 0 Å². The lowest BCUT2D eigenvalue weighted by Crippen LogP contribution is -2.31. The molecule has 0 bridgehead atoms. The summed E-state index contributed by atoms with van der Waals surface area (Å²) < 4.78 is 5.46. The minimum atomic E-state index is -0.0734. The van der Waals surface area contributed by atoms with Gasteiger partial charge in [-0.25, -0.2) is 0 Å². The van der Waals surface area contributed by atoms with Crippen molar-refractivity contribution in [2.24, 2.45) is 0 Å². The monoisotopic (exact) mass is 194 g/mol. The van der Waals surface area contributed by atoms with Crippen LogP contribution in [0.1, 0.15) is 52.4 Å². The summed E-state index contributed by atoms with van der Waals surface area (Å²) in [4.78, 5) is 11.1. The Morgan fingerprint density at radius 2 is 1.71 bits per heavy atom. The molecule has 1 saturated heterocycles. The number of allylic oxidation sites excluding steroid dienone is 2. The Balaban J connectivity index is 2.02. The molecule has 1 spiro atoms. The minimum Gasteiger partial charge on any atom is -0.459 e. The Bertz CT molecular complexity index is 275. The smallest absolute Gasteiger partial charge is 0.306 e. The van der Waals surface area contributed by atoms with E-state index in [1.807, 2.05) is 0 Å². The normalized spacial score (nSPS) is 32.1. The zero-order valence-electron chi connectivity index (χ0n) is 9.06. The van der Waals surface area contributed by atoms with E-state index in [1.54, 1.807) is 5.57 Å². The van der Waals surface area contributed by atoms with E-state index in [9.17, 15) is 4.79 Å². The van der Waals surface area contributed by atoms with Crippen LogP contribution in [0.25, 0.3) is 0 Å². The fourth-order valence-electron chi connectivity index (χ4n) is 2.53. The molecule has 14 heavy (non-hydrogen) atoms. The van der Waals surface area contributed by atoms with Crippen molar-refractivity contribution >= 4 is 5.97 Å². The van der Waals surface area contributed by atoms with Crippen molar-refractivity contribution in [2.45, 2.75) is 58.0 Å². The second kappa shape index (κ2) is 3.41. The molecule has 1 aliphatic carbocycles. The largest absolute Gasteiger partial charge is 0.459 e. The van der Waals surface area contributed by atoms with Crippen LogP contribution >= 0.6 is 0 Å². The Labute approximate surface area is 85.3 Å². The van der Waals surface area contributed by atoms with Crippen LogP contribution in [-0.4, -0.2) is 11.6 Å². The van der Waals surface area contributed by atoms with Crippen LogP contribution in [0.15, 0.2) is 11.1 Å². The highest BCUT2D eigenvalue weighted by molar-refractivity contribution is 5.72. The molecule has 2 heteroatoms. The number of rotatable bonds is 0. The number of hydrogen-bond acceptors (Lipinski definition) is 2. The number of ether oxygens (including phenoxy) is 1. The molecule has 0 atom stereocenters. The lowest BCUT2D eigenvalue weighted by molar-refractivity contribution is -0.150. The molecule has 0 radical (unpaired) electrons. The maximum Gasteiger partial charge on any atom is 0.306 e. The van der Waals surface area contributed by atoms with E-state index in [0.29, 0.717) is 6.42 Å². The second-order valence-electron chi connectivity index (χ2n) is 4.76. The summed E-state index contributed by atoms with van der Waals surface area (Å²) >= 11 is 0. The van der Waals surface area contributed by atoms with E-state index in [2.05, 4.69) is 13.8 Å². The molecule has 1 aliphatic heterocycles. The van der Waals surface area contributed by atoms with Crippen LogP contribution in [0.3, 0.4) is 0 Å². The molecule has 0 aromatic carbocycles. The van der Waals surface area contributed by atoms with Crippen molar-refractivity contribution in [3.05, 3.63) is 11.1 Å². The van der Waals surface area contributed by atoms with Gasteiger partial charge in [0.2, 0.25) is 0 Å². The van der Waals surface area contributed by atoms with Gasteiger partial charge in [-0.05, 0) is 46.0 Å². The lowest BCUT2D eigenvalue weighted by Gasteiger charge is -2.33. The van der Waals surface area contributed by atoms with Gasteiger partial charge in [-0.3, -0.25) is 4.79 Å². The quantitative estimate of drug-likeness (QED) is 0.437. The third-order valence-electron chi connectivity index (χ3n) is 3.59. The highest BCUT2D eigenvalue weighted by Crippen LogP contribution is 2.42. The molecule has 1 heterocycles. The van der Waals surface area contributed by atoms with Crippen LogP contribution in [0.2, 0.25) is 0 Å². The first-order chi connectivity index (χ1) is 6.61. The van der Waals surface area contributed by atoms with Crippen molar-refractivity contribution < 1.29 is 9.53 Å². The lowest BCUT2D eigenvalue weighted by atomic mass is 9.79. The Morgan fingerprint density at radius 3 is 2.14 bits per heavy atom. The molecule has 0 N–H and O–H groups in total. The first-order valence-electron chi connectivity index (χ1n) is 5.48. The number of carbonyl (C=O) groups excluding carboxylic acids is 1. The minimum absolute atomic E-state index is 0.00523. The molecule has 2 nitrogen and oxygen atoms in total. The fourth-order valence-corrected chi connectivity index (χ4v) is 2.53. The van der Waals surface area contributed by atoms with Crippen molar-refractivity contribution in [3.63, 3.8) is 0 Å². The number of hydrogen-bond donors (Lipinski definition) is 0. The zero-order chi connectivity index (χ0) is 10.2. The second-order valence-corrected chi connectivity index (χ2v) is 4.76. The van der Waals surface area contributed by atoms with Gasteiger partial charge in [-0.15, -0.1) is 0 Å².